The van der Waals surface area contributed by atoms with Crippen LogP contribution in [0.5, 0.6) is 0 Å². The summed E-state index contributed by atoms with van der Waals surface area (Å²) in [7, 11) is -0.951. The molecule has 0 aromatic rings. The van der Waals surface area contributed by atoms with Crippen LogP contribution in [0.15, 0.2) is 0 Å². The average Bonchev–Trinajstić information content (AvgIpc) is 2.00. The zero-order valence-corrected chi connectivity index (χ0v) is 7.53. The molecular formula is C7H14O2S. The molecule has 0 fully saturated rings. The molecule has 0 spiro atoms. The van der Waals surface area contributed by atoms with Crippen molar-refractivity contribution in [1.29, 1.82) is 0 Å². The van der Waals surface area contributed by atoms with E-state index in [-0.39, 0.29) is 11.0 Å². The van der Waals surface area contributed by atoms with E-state index < -0.39 is 10.8 Å². The Kier molecular flexibility index (Phi) is 4.52. The lowest BCUT2D eigenvalue weighted by molar-refractivity contribution is -0.118. The van der Waals surface area contributed by atoms with Crippen molar-refractivity contribution in [3.05, 3.63) is 0 Å². The second-order valence-corrected chi connectivity index (χ2v) is 4.18. The standard InChI is InChI=1S/C7H14O2S/c1-4-7(8)6(3)10(9)5-2/h6H,4-5H2,1-3H3. The van der Waals surface area contributed by atoms with Gasteiger partial charge in [-0.05, 0) is 6.92 Å². The molecule has 0 radical (unpaired) electrons. The minimum absolute atomic E-state index is 0.0974. The zero-order chi connectivity index (χ0) is 8.15. The van der Waals surface area contributed by atoms with Crippen LogP contribution in [0, 0.1) is 0 Å². The summed E-state index contributed by atoms with van der Waals surface area (Å²) in [5.41, 5.74) is 0. The third-order valence-electron chi connectivity index (χ3n) is 1.48. The lowest BCUT2D eigenvalue weighted by atomic mass is 10.2. The first kappa shape index (κ1) is 9.82. The monoisotopic (exact) mass is 162 g/mol. The molecule has 0 bridgehead atoms. The average molecular weight is 162 g/mol. The second-order valence-electron chi connectivity index (χ2n) is 2.13. The molecule has 0 N–H and O–H groups in total. The molecule has 0 saturated heterocycles. The van der Waals surface area contributed by atoms with Crippen LogP contribution in [0.2, 0.25) is 0 Å². The van der Waals surface area contributed by atoms with E-state index in [0.717, 1.165) is 0 Å². The van der Waals surface area contributed by atoms with Crippen molar-refractivity contribution >= 4 is 16.6 Å². The maximum atomic E-state index is 11.0. The largest absolute Gasteiger partial charge is 0.298 e. The van der Waals surface area contributed by atoms with E-state index >= 15 is 0 Å². The number of rotatable bonds is 4. The van der Waals surface area contributed by atoms with Crippen LogP contribution in [-0.4, -0.2) is 21.0 Å². The van der Waals surface area contributed by atoms with Crippen LogP contribution in [0.3, 0.4) is 0 Å². The van der Waals surface area contributed by atoms with E-state index in [1.165, 1.54) is 0 Å². The smallest absolute Gasteiger partial charge is 0.147 e. The number of hydrogen-bond donors (Lipinski definition) is 0. The SMILES string of the molecule is CCC(=O)C(C)S(=O)CC. The van der Waals surface area contributed by atoms with Gasteiger partial charge in [0.25, 0.3) is 0 Å². The second kappa shape index (κ2) is 4.61. The Bertz CT molecular complexity index is 127. The van der Waals surface area contributed by atoms with E-state index in [0.29, 0.717) is 12.2 Å². The van der Waals surface area contributed by atoms with Crippen LogP contribution in [0.1, 0.15) is 27.2 Å². The molecule has 0 rings (SSSR count). The van der Waals surface area contributed by atoms with Crippen molar-refractivity contribution in [2.45, 2.75) is 32.4 Å². The van der Waals surface area contributed by atoms with Crippen molar-refractivity contribution in [3.8, 4) is 0 Å². The van der Waals surface area contributed by atoms with Crippen molar-refractivity contribution < 1.29 is 9.00 Å². The van der Waals surface area contributed by atoms with Gasteiger partial charge in [-0.2, -0.15) is 0 Å². The van der Waals surface area contributed by atoms with E-state index in [2.05, 4.69) is 0 Å². The summed E-state index contributed by atoms with van der Waals surface area (Å²) in [4.78, 5) is 10.9. The molecule has 0 aliphatic rings. The summed E-state index contributed by atoms with van der Waals surface area (Å²) in [5.74, 6) is 0.674. The maximum Gasteiger partial charge on any atom is 0.147 e. The summed E-state index contributed by atoms with van der Waals surface area (Å²) < 4.78 is 11.0. The molecule has 2 nitrogen and oxygen atoms in total. The van der Waals surface area contributed by atoms with Gasteiger partial charge in [-0.1, -0.05) is 13.8 Å². The van der Waals surface area contributed by atoms with Crippen molar-refractivity contribution in [2.75, 3.05) is 5.75 Å². The summed E-state index contributed by atoms with van der Waals surface area (Å²) in [6, 6.07) is 0. The summed E-state index contributed by atoms with van der Waals surface area (Å²) >= 11 is 0. The van der Waals surface area contributed by atoms with E-state index in [1.54, 1.807) is 13.8 Å². The third-order valence-corrected chi connectivity index (χ3v) is 3.10. The maximum absolute atomic E-state index is 11.0. The minimum atomic E-state index is -0.951. The van der Waals surface area contributed by atoms with E-state index in [1.807, 2.05) is 6.92 Å². The van der Waals surface area contributed by atoms with Crippen LogP contribution in [0.4, 0.5) is 0 Å². The highest BCUT2D eigenvalue weighted by atomic mass is 32.2. The van der Waals surface area contributed by atoms with Crippen molar-refractivity contribution in [1.82, 2.24) is 0 Å². The summed E-state index contributed by atoms with van der Waals surface area (Å²) in [5, 5.41) is -0.269. The Morgan fingerprint density at radius 1 is 1.50 bits per heavy atom. The zero-order valence-electron chi connectivity index (χ0n) is 6.72. The number of ketones is 1. The molecule has 0 aromatic heterocycles. The molecule has 0 aliphatic heterocycles. The van der Waals surface area contributed by atoms with Gasteiger partial charge in [-0.3, -0.25) is 9.00 Å². The molecule has 2 unspecified atom stereocenters. The van der Waals surface area contributed by atoms with Gasteiger partial charge in [-0.15, -0.1) is 0 Å². The molecule has 0 amide bonds. The Hall–Kier alpha value is -0.180. The van der Waals surface area contributed by atoms with Crippen molar-refractivity contribution in [3.63, 3.8) is 0 Å². The fraction of sp³-hybridized carbons (Fsp3) is 0.857. The van der Waals surface area contributed by atoms with Crippen LogP contribution < -0.4 is 0 Å². The Labute approximate surface area is 64.5 Å². The highest BCUT2D eigenvalue weighted by molar-refractivity contribution is 7.86. The van der Waals surface area contributed by atoms with Gasteiger partial charge in [0, 0.05) is 23.0 Å². The van der Waals surface area contributed by atoms with Crippen LogP contribution in [-0.2, 0) is 15.6 Å². The molecule has 10 heavy (non-hydrogen) atoms. The number of carbonyl (C=O) groups excluding carboxylic acids is 1. The van der Waals surface area contributed by atoms with Crippen molar-refractivity contribution in [2.24, 2.45) is 0 Å². The number of Topliss-reactive ketones (excluding diaryl/α,β-unsaturated/α-hetero) is 1. The summed E-state index contributed by atoms with van der Waals surface area (Å²) in [6.07, 6.45) is 0.493. The normalized spacial score (nSPS) is 16.3. The van der Waals surface area contributed by atoms with Gasteiger partial charge >= 0.3 is 0 Å². The number of carbonyl (C=O) groups is 1. The first-order chi connectivity index (χ1) is 4.63. The minimum Gasteiger partial charge on any atom is -0.298 e. The van der Waals surface area contributed by atoms with Gasteiger partial charge < -0.3 is 0 Å². The third kappa shape index (κ3) is 2.60. The first-order valence-corrected chi connectivity index (χ1v) is 4.91. The lowest BCUT2D eigenvalue weighted by Gasteiger charge is -2.05. The Balaban J connectivity index is 3.94. The quantitative estimate of drug-likeness (QED) is 0.621. The molecule has 0 saturated carbocycles. The molecule has 60 valence electrons. The Morgan fingerprint density at radius 3 is 2.30 bits per heavy atom. The fourth-order valence-electron chi connectivity index (χ4n) is 0.684. The van der Waals surface area contributed by atoms with E-state index in [9.17, 15) is 9.00 Å². The lowest BCUT2D eigenvalue weighted by Crippen LogP contribution is -2.22. The van der Waals surface area contributed by atoms with Crippen LogP contribution >= 0.6 is 0 Å². The van der Waals surface area contributed by atoms with Crippen LogP contribution in [0.25, 0.3) is 0 Å². The molecule has 0 aliphatic carbocycles. The van der Waals surface area contributed by atoms with Gasteiger partial charge in [-0.25, -0.2) is 0 Å². The predicted molar refractivity (Wildman–Crippen MR) is 43.4 cm³/mol. The van der Waals surface area contributed by atoms with Gasteiger partial charge in [0.1, 0.15) is 5.78 Å². The predicted octanol–water partition coefficient (Wildman–Crippen LogP) is 1.12. The Morgan fingerprint density at radius 2 is 2.00 bits per heavy atom. The first-order valence-electron chi connectivity index (χ1n) is 3.53. The van der Waals surface area contributed by atoms with Gasteiger partial charge in [0.2, 0.25) is 0 Å². The molecule has 3 heteroatoms. The highest BCUT2D eigenvalue weighted by Gasteiger charge is 2.15. The summed E-state index contributed by atoms with van der Waals surface area (Å²) in [6.45, 7) is 5.35. The topological polar surface area (TPSA) is 34.1 Å². The van der Waals surface area contributed by atoms with Gasteiger partial charge in [0.05, 0.1) is 5.25 Å². The molecule has 0 aromatic carbocycles. The van der Waals surface area contributed by atoms with E-state index in [4.69, 9.17) is 0 Å². The highest BCUT2D eigenvalue weighted by Crippen LogP contribution is 1.99. The fourth-order valence-corrected chi connectivity index (χ4v) is 1.64. The molecular weight excluding hydrogens is 148 g/mol. The molecule has 0 heterocycles. The molecule has 2 atom stereocenters. The van der Waals surface area contributed by atoms with Gasteiger partial charge in [0.15, 0.2) is 0 Å². The number of hydrogen-bond acceptors (Lipinski definition) is 2.